The molecule has 1 fully saturated rings. The Bertz CT molecular complexity index is 297. The Hall–Kier alpha value is 0.0600. The third-order valence-corrected chi connectivity index (χ3v) is 5.00. The highest BCUT2D eigenvalue weighted by Gasteiger charge is 2.32. The second-order valence-corrected chi connectivity index (χ2v) is 7.63. The molecule has 1 rings (SSSR count). The lowest BCUT2D eigenvalue weighted by Crippen LogP contribution is -2.59. The number of halogens is 3. The third kappa shape index (κ3) is 7.24. The van der Waals surface area contributed by atoms with E-state index in [0.717, 1.165) is 25.9 Å². The van der Waals surface area contributed by atoms with Crippen LogP contribution in [0.15, 0.2) is 0 Å². The van der Waals surface area contributed by atoms with Crippen molar-refractivity contribution in [2.24, 2.45) is 11.8 Å². The lowest BCUT2D eigenvalue weighted by atomic mass is 9.93. The van der Waals surface area contributed by atoms with Gasteiger partial charge in [-0.15, -0.1) is 0 Å². The zero-order valence-corrected chi connectivity index (χ0v) is 14.4. The molecule has 0 radical (unpaired) electrons. The topological polar surface area (TPSA) is 15.3 Å². The molecular formula is C15H29F3N2S. The Labute approximate surface area is 131 Å². The van der Waals surface area contributed by atoms with Gasteiger partial charge in [-0.1, -0.05) is 34.1 Å². The Morgan fingerprint density at radius 2 is 1.95 bits per heavy atom. The molecule has 6 heteroatoms. The molecule has 126 valence electrons. The largest absolute Gasteiger partial charge is 0.441 e. The van der Waals surface area contributed by atoms with E-state index in [4.69, 9.17) is 0 Å². The monoisotopic (exact) mass is 326 g/mol. The summed E-state index contributed by atoms with van der Waals surface area (Å²) in [6.07, 6.45) is 2.13. The first-order valence-electron chi connectivity index (χ1n) is 7.91. The number of thioether (sulfide) groups is 1. The van der Waals surface area contributed by atoms with Crippen molar-refractivity contribution in [1.82, 2.24) is 10.2 Å². The molecular weight excluding hydrogens is 297 g/mol. The van der Waals surface area contributed by atoms with Gasteiger partial charge < -0.3 is 5.32 Å². The van der Waals surface area contributed by atoms with Crippen LogP contribution in [0.5, 0.6) is 0 Å². The van der Waals surface area contributed by atoms with Gasteiger partial charge >= 0.3 is 5.51 Å². The number of nitrogens with one attached hydrogen (secondary N) is 1. The van der Waals surface area contributed by atoms with E-state index in [2.05, 4.69) is 37.9 Å². The summed E-state index contributed by atoms with van der Waals surface area (Å²) in [5.74, 6) is 1.25. The number of piperazine rings is 1. The van der Waals surface area contributed by atoms with E-state index >= 15 is 0 Å². The van der Waals surface area contributed by atoms with Gasteiger partial charge in [0.05, 0.1) is 0 Å². The molecule has 1 N–H and O–H groups in total. The van der Waals surface area contributed by atoms with Crippen molar-refractivity contribution in [3.05, 3.63) is 0 Å². The smallest absolute Gasteiger partial charge is 0.311 e. The third-order valence-electron chi connectivity index (χ3n) is 4.28. The normalized spacial score (nSPS) is 26.3. The number of rotatable bonds is 7. The highest BCUT2D eigenvalue weighted by Crippen LogP contribution is 2.30. The minimum atomic E-state index is -4.11. The van der Waals surface area contributed by atoms with E-state index in [0.29, 0.717) is 30.5 Å². The summed E-state index contributed by atoms with van der Waals surface area (Å²) < 4.78 is 36.9. The van der Waals surface area contributed by atoms with Crippen molar-refractivity contribution in [3.63, 3.8) is 0 Å². The second-order valence-electron chi connectivity index (χ2n) is 6.47. The van der Waals surface area contributed by atoms with Crippen molar-refractivity contribution in [1.29, 1.82) is 0 Å². The summed E-state index contributed by atoms with van der Waals surface area (Å²) >= 11 is 0.101. The van der Waals surface area contributed by atoms with E-state index in [9.17, 15) is 13.2 Å². The van der Waals surface area contributed by atoms with Crippen molar-refractivity contribution < 1.29 is 13.2 Å². The van der Waals surface area contributed by atoms with Gasteiger partial charge in [-0.25, -0.2) is 0 Å². The fourth-order valence-electron chi connectivity index (χ4n) is 2.88. The van der Waals surface area contributed by atoms with E-state index in [1.807, 2.05) is 0 Å². The predicted molar refractivity (Wildman–Crippen MR) is 84.6 cm³/mol. The molecule has 0 amide bonds. The number of hydrogen-bond donors (Lipinski definition) is 1. The molecule has 0 aromatic carbocycles. The highest BCUT2D eigenvalue weighted by molar-refractivity contribution is 8.00. The maximum Gasteiger partial charge on any atom is 0.441 e. The van der Waals surface area contributed by atoms with Gasteiger partial charge in [-0.05, 0) is 30.0 Å². The Balaban J connectivity index is 2.56. The minimum Gasteiger partial charge on any atom is -0.311 e. The second kappa shape index (κ2) is 8.63. The summed E-state index contributed by atoms with van der Waals surface area (Å²) in [4.78, 5) is 2.27. The van der Waals surface area contributed by atoms with Crippen LogP contribution in [0.3, 0.4) is 0 Å². The SMILES string of the molecule is CCC(C)C1CN(CCSC(F)(F)F)C(CC(C)C)CN1. The van der Waals surface area contributed by atoms with Crippen molar-refractivity contribution >= 4 is 11.8 Å². The Morgan fingerprint density at radius 3 is 2.48 bits per heavy atom. The molecule has 1 saturated heterocycles. The van der Waals surface area contributed by atoms with Crippen LogP contribution in [0.4, 0.5) is 13.2 Å². The fraction of sp³-hybridized carbons (Fsp3) is 1.00. The van der Waals surface area contributed by atoms with Crippen molar-refractivity contribution in [2.75, 3.05) is 25.4 Å². The summed E-state index contributed by atoms with van der Waals surface area (Å²) in [7, 11) is 0. The maximum absolute atomic E-state index is 12.3. The number of alkyl halides is 3. The molecule has 0 bridgehead atoms. The van der Waals surface area contributed by atoms with E-state index < -0.39 is 5.51 Å². The van der Waals surface area contributed by atoms with Crippen LogP contribution in [0, 0.1) is 11.8 Å². The average molecular weight is 326 g/mol. The van der Waals surface area contributed by atoms with Gasteiger partial charge in [0.1, 0.15) is 0 Å². The van der Waals surface area contributed by atoms with Gasteiger partial charge in [0.25, 0.3) is 0 Å². The van der Waals surface area contributed by atoms with Crippen LogP contribution in [0.2, 0.25) is 0 Å². The molecule has 0 saturated carbocycles. The van der Waals surface area contributed by atoms with E-state index in [1.165, 1.54) is 0 Å². The zero-order valence-electron chi connectivity index (χ0n) is 13.5. The molecule has 1 aliphatic rings. The Morgan fingerprint density at radius 1 is 1.29 bits per heavy atom. The molecule has 3 atom stereocenters. The lowest BCUT2D eigenvalue weighted by Gasteiger charge is -2.43. The first-order valence-corrected chi connectivity index (χ1v) is 8.89. The van der Waals surface area contributed by atoms with Gasteiger partial charge in [0.2, 0.25) is 0 Å². The number of hydrogen-bond acceptors (Lipinski definition) is 3. The summed E-state index contributed by atoms with van der Waals surface area (Å²) in [5.41, 5.74) is -4.11. The van der Waals surface area contributed by atoms with E-state index in [1.54, 1.807) is 0 Å². The Kier molecular flexibility index (Phi) is 7.85. The van der Waals surface area contributed by atoms with Crippen LogP contribution in [-0.2, 0) is 0 Å². The maximum atomic E-state index is 12.3. The molecule has 21 heavy (non-hydrogen) atoms. The highest BCUT2D eigenvalue weighted by atomic mass is 32.2. The first-order chi connectivity index (χ1) is 9.73. The van der Waals surface area contributed by atoms with Gasteiger partial charge in [0, 0.05) is 37.5 Å². The van der Waals surface area contributed by atoms with E-state index in [-0.39, 0.29) is 17.5 Å². The van der Waals surface area contributed by atoms with Crippen molar-refractivity contribution in [2.45, 2.75) is 58.1 Å². The summed E-state index contributed by atoms with van der Waals surface area (Å²) in [6, 6.07) is 0.758. The number of nitrogens with zero attached hydrogens (tertiary/aromatic N) is 1. The van der Waals surface area contributed by atoms with Crippen molar-refractivity contribution in [3.8, 4) is 0 Å². The molecule has 0 aromatic heterocycles. The van der Waals surface area contributed by atoms with Crippen LogP contribution >= 0.6 is 11.8 Å². The van der Waals surface area contributed by atoms with Gasteiger partial charge in [-0.2, -0.15) is 13.2 Å². The van der Waals surface area contributed by atoms with Gasteiger partial charge in [-0.3, -0.25) is 4.90 Å². The first kappa shape index (κ1) is 19.1. The average Bonchev–Trinajstić information content (AvgIpc) is 2.37. The van der Waals surface area contributed by atoms with Crippen LogP contribution in [-0.4, -0.2) is 47.9 Å². The summed E-state index contributed by atoms with van der Waals surface area (Å²) in [6.45, 7) is 11.0. The molecule has 2 nitrogen and oxygen atoms in total. The fourth-order valence-corrected chi connectivity index (χ4v) is 3.43. The minimum absolute atomic E-state index is 0.101. The molecule has 1 heterocycles. The zero-order chi connectivity index (χ0) is 16.0. The summed E-state index contributed by atoms with van der Waals surface area (Å²) in [5, 5.41) is 3.59. The standard InChI is InChI=1S/C15H29F3N2S/c1-5-12(4)14-10-20(6-7-21-15(16,17)18)13(9-19-14)8-11(2)3/h11-14,19H,5-10H2,1-4H3. The molecule has 0 aliphatic carbocycles. The molecule has 3 unspecified atom stereocenters. The van der Waals surface area contributed by atoms with Gasteiger partial charge in [0.15, 0.2) is 0 Å². The predicted octanol–water partition coefficient (Wildman–Crippen LogP) is 3.97. The van der Waals surface area contributed by atoms with Crippen LogP contribution in [0.1, 0.15) is 40.5 Å². The molecule has 1 aliphatic heterocycles. The molecule has 0 aromatic rings. The molecule has 0 spiro atoms. The quantitative estimate of drug-likeness (QED) is 0.762. The van der Waals surface area contributed by atoms with Crippen LogP contribution in [0.25, 0.3) is 0 Å². The van der Waals surface area contributed by atoms with Crippen LogP contribution < -0.4 is 5.32 Å². The lowest BCUT2D eigenvalue weighted by molar-refractivity contribution is -0.0330.